The van der Waals surface area contributed by atoms with Crippen molar-refractivity contribution >= 4 is 5.91 Å². The molecule has 0 aliphatic carbocycles. The number of aryl methyl sites for hydroxylation is 2. The summed E-state index contributed by atoms with van der Waals surface area (Å²) in [4.78, 5) is 15.9. The molecule has 1 amide bonds. The van der Waals surface area contributed by atoms with Crippen LogP contribution in [0.15, 0.2) is 36.4 Å². The van der Waals surface area contributed by atoms with Crippen molar-refractivity contribution in [1.82, 2.24) is 9.47 Å². The number of nitrogens with one attached hydrogen (secondary N) is 1. The Bertz CT molecular complexity index is 680. The lowest BCUT2D eigenvalue weighted by atomic mass is 10.2. The minimum Gasteiger partial charge on any atom is -0.344 e. The standard InChI is InChI=1S/C19H24FN3O/c1-15-3-4-16(2)23(15)14-11-21-9-12-22(13-10-21)19(24)17-5-7-18(20)8-6-17/h3-8H,9-14H2,1-2H3/p+1. The van der Waals surface area contributed by atoms with Crippen LogP contribution in [-0.4, -0.2) is 48.1 Å². The first kappa shape index (κ1) is 16.7. The van der Waals surface area contributed by atoms with Crippen molar-refractivity contribution in [2.24, 2.45) is 0 Å². The molecule has 1 aliphatic heterocycles. The Balaban J connectivity index is 1.50. The Morgan fingerprint density at radius 3 is 2.21 bits per heavy atom. The fourth-order valence-electron chi connectivity index (χ4n) is 3.37. The molecule has 0 bridgehead atoms. The maximum absolute atomic E-state index is 13.0. The molecule has 0 spiro atoms. The highest BCUT2D eigenvalue weighted by Crippen LogP contribution is 2.08. The fourth-order valence-corrected chi connectivity index (χ4v) is 3.37. The van der Waals surface area contributed by atoms with E-state index in [9.17, 15) is 9.18 Å². The van der Waals surface area contributed by atoms with Gasteiger partial charge in [0.05, 0.1) is 39.3 Å². The van der Waals surface area contributed by atoms with Crippen molar-refractivity contribution in [2.45, 2.75) is 20.4 Å². The average Bonchev–Trinajstić information content (AvgIpc) is 2.92. The molecule has 1 saturated heterocycles. The third-order valence-corrected chi connectivity index (χ3v) is 4.96. The number of hydrogen-bond acceptors (Lipinski definition) is 1. The molecule has 0 unspecified atom stereocenters. The monoisotopic (exact) mass is 330 g/mol. The van der Waals surface area contributed by atoms with Crippen LogP contribution >= 0.6 is 0 Å². The molecule has 2 aromatic rings. The van der Waals surface area contributed by atoms with E-state index in [0.29, 0.717) is 5.56 Å². The molecular formula is C19H25FN3O+. The number of nitrogens with zero attached hydrogens (tertiary/aromatic N) is 2. The number of carbonyl (C=O) groups is 1. The Kier molecular flexibility index (Phi) is 5.00. The highest BCUT2D eigenvalue weighted by Gasteiger charge is 2.24. The summed E-state index contributed by atoms with van der Waals surface area (Å²) >= 11 is 0. The van der Waals surface area contributed by atoms with Crippen molar-refractivity contribution in [3.8, 4) is 0 Å². The smallest absolute Gasteiger partial charge is 0.254 e. The molecule has 3 rings (SSSR count). The Hall–Kier alpha value is -2.14. The van der Waals surface area contributed by atoms with Gasteiger partial charge >= 0.3 is 0 Å². The minimum absolute atomic E-state index is 0.00569. The summed E-state index contributed by atoms with van der Waals surface area (Å²) in [7, 11) is 0. The van der Waals surface area contributed by atoms with Crippen LogP contribution in [0.2, 0.25) is 0 Å². The number of benzene rings is 1. The third kappa shape index (κ3) is 3.67. The van der Waals surface area contributed by atoms with Crippen LogP contribution in [-0.2, 0) is 6.54 Å². The second-order valence-electron chi connectivity index (χ2n) is 6.57. The quantitative estimate of drug-likeness (QED) is 0.899. The van der Waals surface area contributed by atoms with Crippen molar-refractivity contribution in [3.63, 3.8) is 0 Å². The second-order valence-corrected chi connectivity index (χ2v) is 6.57. The van der Waals surface area contributed by atoms with Gasteiger partial charge in [-0.1, -0.05) is 0 Å². The first-order valence-corrected chi connectivity index (χ1v) is 8.56. The summed E-state index contributed by atoms with van der Waals surface area (Å²) in [6.07, 6.45) is 0. The van der Waals surface area contributed by atoms with Crippen LogP contribution in [0.1, 0.15) is 21.7 Å². The van der Waals surface area contributed by atoms with Crippen molar-refractivity contribution in [1.29, 1.82) is 0 Å². The predicted molar refractivity (Wildman–Crippen MR) is 91.8 cm³/mol. The van der Waals surface area contributed by atoms with Crippen LogP contribution in [0.5, 0.6) is 0 Å². The van der Waals surface area contributed by atoms with Gasteiger partial charge in [-0.05, 0) is 50.2 Å². The Labute approximate surface area is 142 Å². The number of halogens is 1. The number of hydrogen-bond donors (Lipinski definition) is 1. The summed E-state index contributed by atoms with van der Waals surface area (Å²) in [5, 5.41) is 0. The Morgan fingerprint density at radius 2 is 1.62 bits per heavy atom. The first-order valence-electron chi connectivity index (χ1n) is 8.56. The van der Waals surface area contributed by atoms with E-state index in [0.717, 1.165) is 39.3 Å². The summed E-state index contributed by atoms with van der Waals surface area (Å²) in [6, 6.07) is 10.1. The number of amides is 1. The highest BCUT2D eigenvalue weighted by atomic mass is 19.1. The number of carbonyl (C=O) groups excluding carboxylic acids is 1. The van der Waals surface area contributed by atoms with Crippen LogP contribution in [0.25, 0.3) is 0 Å². The average molecular weight is 330 g/mol. The molecule has 1 aromatic carbocycles. The first-order chi connectivity index (χ1) is 11.5. The molecule has 2 heterocycles. The van der Waals surface area contributed by atoms with E-state index in [-0.39, 0.29) is 11.7 Å². The predicted octanol–water partition coefficient (Wildman–Crippen LogP) is 1.28. The summed E-state index contributed by atoms with van der Waals surface area (Å²) in [5.41, 5.74) is 3.17. The zero-order valence-electron chi connectivity index (χ0n) is 14.4. The van der Waals surface area contributed by atoms with Gasteiger partial charge in [-0.3, -0.25) is 4.79 Å². The van der Waals surface area contributed by atoms with Gasteiger partial charge in [-0.15, -0.1) is 0 Å². The number of quaternary nitrogens is 1. The third-order valence-electron chi connectivity index (χ3n) is 4.96. The highest BCUT2D eigenvalue weighted by molar-refractivity contribution is 5.94. The number of piperazine rings is 1. The molecule has 0 radical (unpaired) electrons. The molecule has 1 N–H and O–H groups in total. The fraction of sp³-hybridized carbons (Fsp3) is 0.421. The molecule has 1 fully saturated rings. The molecule has 1 aliphatic rings. The van der Waals surface area contributed by atoms with E-state index in [4.69, 9.17) is 0 Å². The zero-order valence-corrected chi connectivity index (χ0v) is 14.4. The molecule has 5 heteroatoms. The van der Waals surface area contributed by atoms with Crippen molar-refractivity contribution < 1.29 is 14.1 Å². The SMILES string of the molecule is Cc1ccc(C)n1CC[NH+]1CCN(C(=O)c2ccc(F)cc2)CC1. The zero-order chi connectivity index (χ0) is 17.1. The van der Waals surface area contributed by atoms with Gasteiger partial charge in [0.2, 0.25) is 0 Å². The number of aromatic nitrogens is 1. The molecule has 128 valence electrons. The normalized spacial score (nSPS) is 15.7. The Morgan fingerprint density at radius 1 is 1.04 bits per heavy atom. The summed E-state index contributed by atoms with van der Waals surface area (Å²) < 4.78 is 15.3. The second kappa shape index (κ2) is 7.18. The van der Waals surface area contributed by atoms with Crippen molar-refractivity contribution in [2.75, 3.05) is 32.7 Å². The van der Waals surface area contributed by atoms with E-state index in [2.05, 4.69) is 30.5 Å². The maximum Gasteiger partial charge on any atom is 0.254 e. The molecule has 4 nitrogen and oxygen atoms in total. The molecular weight excluding hydrogens is 305 g/mol. The topological polar surface area (TPSA) is 29.7 Å². The summed E-state index contributed by atoms with van der Waals surface area (Å²) in [6.45, 7) is 9.83. The van der Waals surface area contributed by atoms with E-state index < -0.39 is 0 Å². The largest absolute Gasteiger partial charge is 0.344 e. The maximum atomic E-state index is 13.0. The van der Waals surface area contributed by atoms with Gasteiger partial charge in [0.1, 0.15) is 5.82 Å². The van der Waals surface area contributed by atoms with Crippen LogP contribution in [0.4, 0.5) is 4.39 Å². The van der Waals surface area contributed by atoms with Crippen LogP contribution < -0.4 is 4.90 Å². The molecule has 24 heavy (non-hydrogen) atoms. The van der Waals surface area contributed by atoms with Gasteiger partial charge in [-0.2, -0.15) is 0 Å². The molecule has 0 atom stereocenters. The number of rotatable bonds is 4. The molecule has 1 aromatic heterocycles. The van der Waals surface area contributed by atoms with E-state index in [1.54, 1.807) is 12.1 Å². The van der Waals surface area contributed by atoms with E-state index in [1.807, 2.05) is 4.90 Å². The van der Waals surface area contributed by atoms with Crippen LogP contribution in [0.3, 0.4) is 0 Å². The van der Waals surface area contributed by atoms with Gasteiger partial charge < -0.3 is 14.4 Å². The van der Waals surface area contributed by atoms with Gasteiger partial charge in [0.15, 0.2) is 0 Å². The van der Waals surface area contributed by atoms with Gasteiger partial charge in [0.25, 0.3) is 5.91 Å². The lowest BCUT2D eigenvalue weighted by Gasteiger charge is -2.32. The summed E-state index contributed by atoms with van der Waals surface area (Å²) in [5.74, 6) is -0.303. The van der Waals surface area contributed by atoms with E-state index >= 15 is 0 Å². The molecule has 0 saturated carbocycles. The van der Waals surface area contributed by atoms with Gasteiger partial charge in [0, 0.05) is 17.0 Å². The van der Waals surface area contributed by atoms with Crippen molar-refractivity contribution in [3.05, 3.63) is 59.2 Å². The van der Waals surface area contributed by atoms with Gasteiger partial charge in [-0.25, -0.2) is 4.39 Å². The lowest BCUT2D eigenvalue weighted by molar-refractivity contribution is -0.904. The van der Waals surface area contributed by atoms with Crippen LogP contribution in [0, 0.1) is 19.7 Å². The minimum atomic E-state index is -0.309. The van der Waals surface area contributed by atoms with E-state index in [1.165, 1.54) is 28.4 Å². The lowest BCUT2D eigenvalue weighted by Crippen LogP contribution is -3.15.